The quantitative estimate of drug-likeness (QED) is 0.873. The minimum absolute atomic E-state index is 0.0755. The van der Waals surface area contributed by atoms with Gasteiger partial charge in [-0.1, -0.05) is 42.5 Å². The Bertz CT molecular complexity index is 653. The molecule has 0 aliphatic carbocycles. The lowest BCUT2D eigenvalue weighted by Crippen LogP contribution is -2.19. The second-order valence-corrected chi connectivity index (χ2v) is 5.67. The average molecular weight is 277 g/mol. The van der Waals surface area contributed by atoms with Crippen molar-refractivity contribution in [2.24, 2.45) is 0 Å². The molecule has 0 radical (unpaired) electrons. The fraction of sp³-hybridized carbons (Fsp3) is 0.143. The smallest absolute Gasteiger partial charge is 0.296 e. The third-order valence-electron chi connectivity index (χ3n) is 2.82. The summed E-state index contributed by atoms with van der Waals surface area (Å²) in [5, 5.41) is 0. The first-order chi connectivity index (χ1) is 8.98. The van der Waals surface area contributed by atoms with Crippen molar-refractivity contribution in [3.63, 3.8) is 0 Å². The van der Waals surface area contributed by atoms with Gasteiger partial charge in [-0.3, -0.25) is 4.55 Å². The van der Waals surface area contributed by atoms with Crippen molar-refractivity contribution in [1.29, 1.82) is 0 Å². The van der Waals surface area contributed by atoms with Crippen molar-refractivity contribution in [3.8, 4) is 0 Å². The second-order valence-electron chi connectivity index (χ2n) is 4.28. The molecule has 0 heterocycles. The lowest BCUT2D eigenvalue weighted by Gasteiger charge is -2.21. The van der Waals surface area contributed by atoms with E-state index in [1.54, 1.807) is 30.1 Å². The molecule has 0 bridgehead atoms. The number of para-hydroxylation sites is 1. The van der Waals surface area contributed by atoms with Crippen molar-refractivity contribution < 1.29 is 13.0 Å². The van der Waals surface area contributed by atoms with Gasteiger partial charge in [0.1, 0.15) is 4.90 Å². The summed E-state index contributed by atoms with van der Waals surface area (Å²) in [5.41, 5.74) is 1.55. The maximum absolute atomic E-state index is 11.3. The first-order valence-corrected chi connectivity index (χ1v) is 7.24. The van der Waals surface area contributed by atoms with Crippen molar-refractivity contribution in [2.45, 2.75) is 11.4 Å². The van der Waals surface area contributed by atoms with Gasteiger partial charge in [0.25, 0.3) is 10.1 Å². The third-order valence-corrected chi connectivity index (χ3v) is 3.72. The maximum Gasteiger partial charge on any atom is 0.296 e. The molecule has 2 aromatic rings. The molecule has 0 saturated carbocycles. The molecule has 0 fully saturated rings. The molecule has 0 aliphatic heterocycles. The highest BCUT2D eigenvalue weighted by atomic mass is 32.2. The number of hydrogen-bond donors (Lipinski definition) is 1. The highest BCUT2D eigenvalue weighted by molar-refractivity contribution is 7.86. The highest BCUT2D eigenvalue weighted by Crippen LogP contribution is 2.24. The Balaban J connectivity index is 2.32. The maximum atomic E-state index is 11.3. The van der Waals surface area contributed by atoms with Gasteiger partial charge in [-0.2, -0.15) is 8.42 Å². The van der Waals surface area contributed by atoms with E-state index in [0.29, 0.717) is 12.2 Å². The van der Waals surface area contributed by atoms with E-state index >= 15 is 0 Å². The molecule has 0 atom stereocenters. The summed E-state index contributed by atoms with van der Waals surface area (Å²) in [6.45, 7) is 0.563. The molecule has 0 amide bonds. The molecule has 2 rings (SSSR count). The largest absolute Gasteiger partial charge is 0.369 e. The van der Waals surface area contributed by atoms with Gasteiger partial charge in [-0.25, -0.2) is 0 Å². The van der Waals surface area contributed by atoms with Gasteiger partial charge in [0.15, 0.2) is 0 Å². The topological polar surface area (TPSA) is 57.6 Å². The Kier molecular flexibility index (Phi) is 3.87. The van der Waals surface area contributed by atoms with Gasteiger partial charge in [-0.15, -0.1) is 0 Å². The summed E-state index contributed by atoms with van der Waals surface area (Å²) in [7, 11) is -2.42. The predicted octanol–water partition coefficient (Wildman–Crippen LogP) is 2.57. The van der Waals surface area contributed by atoms with Crippen LogP contribution in [0.5, 0.6) is 0 Å². The zero-order valence-electron chi connectivity index (χ0n) is 10.5. The highest BCUT2D eigenvalue weighted by Gasteiger charge is 2.17. The van der Waals surface area contributed by atoms with E-state index in [1.165, 1.54) is 6.07 Å². The Morgan fingerprint density at radius 1 is 1.00 bits per heavy atom. The molecule has 19 heavy (non-hydrogen) atoms. The summed E-state index contributed by atoms with van der Waals surface area (Å²) in [6, 6.07) is 16.1. The number of rotatable bonds is 4. The second kappa shape index (κ2) is 5.42. The summed E-state index contributed by atoms with van der Waals surface area (Å²) in [4.78, 5) is 1.71. The summed E-state index contributed by atoms with van der Waals surface area (Å²) >= 11 is 0. The monoisotopic (exact) mass is 277 g/mol. The van der Waals surface area contributed by atoms with Crippen LogP contribution in [0.4, 0.5) is 5.69 Å². The van der Waals surface area contributed by atoms with Crippen molar-refractivity contribution in [3.05, 3.63) is 60.2 Å². The van der Waals surface area contributed by atoms with Crippen LogP contribution in [0, 0.1) is 0 Å². The van der Waals surface area contributed by atoms with Crippen LogP contribution in [0.1, 0.15) is 5.56 Å². The lowest BCUT2D eigenvalue weighted by atomic mass is 10.2. The first-order valence-electron chi connectivity index (χ1n) is 5.80. The Hall–Kier alpha value is -1.85. The molecular formula is C14H15NO3S. The SMILES string of the molecule is CN(Cc1ccccc1)c1ccccc1S(=O)(=O)O. The van der Waals surface area contributed by atoms with Crippen LogP contribution in [0.15, 0.2) is 59.5 Å². The summed E-state index contributed by atoms with van der Waals surface area (Å²) in [5.74, 6) is 0. The zero-order valence-corrected chi connectivity index (χ0v) is 11.3. The number of anilines is 1. The van der Waals surface area contributed by atoms with Crippen LogP contribution in [-0.2, 0) is 16.7 Å². The first kappa shape index (κ1) is 13.6. The van der Waals surface area contributed by atoms with Crippen LogP contribution in [0.2, 0.25) is 0 Å². The van der Waals surface area contributed by atoms with Gasteiger partial charge in [0.05, 0.1) is 5.69 Å². The van der Waals surface area contributed by atoms with E-state index in [1.807, 2.05) is 30.3 Å². The number of nitrogens with zero attached hydrogens (tertiary/aromatic N) is 1. The van der Waals surface area contributed by atoms with Gasteiger partial charge in [0, 0.05) is 13.6 Å². The fourth-order valence-corrected chi connectivity index (χ4v) is 2.67. The van der Waals surface area contributed by atoms with E-state index in [4.69, 9.17) is 0 Å². The minimum atomic E-state index is -4.21. The van der Waals surface area contributed by atoms with Crippen molar-refractivity contribution in [1.82, 2.24) is 0 Å². The van der Waals surface area contributed by atoms with Gasteiger partial charge >= 0.3 is 0 Å². The minimum Gasteiger partial charge on any atom is -0.369 e. The summed E-state index contributed by atoms with van der Waals surface area (Å²) < 4.78 is 31.9. The van der Waals surface area contributed by atoms with Crippen LogP contribution >= 0.6 is 0 Å². The van der Waals surface area contributed by atoms with Gasteiger partial charge in [0.2, 0.25) is 0 Å². The van der Waals surface area contributed by atoms with E-state index in [2.05, 4.69) is 0 Å². The average Bonchev–Trinajstić information content (AvgIpc) is 2.39. The van der Waals surface area contributed by atoms with Gasteiger partial charge in [-0.05, 0) is 17.7 Å². The Morgan fingerprint density at radius 3 is 2.21 bits per heavy atom. The molecule has 5 heteroatoms. The number of benzene rings is 2. The molecule has 0 unspecified atom stereocenters. The normalized spacial score (nSPS) is 11.3. The standard InChI is InChI=1S/C14H15NO3S/c1-15(11-12-7-3-2-4-8-12)13-9-5-6-10-14(13)19(16,17)18/h2-10H,11H2,1H3,(H,16,17,18). The molecule has 2 aromatic carbocycles. The molecule has 0 saturated heterocycles. The molecule has 100 valence electrons. The predicted molar refractivity (Wildman–Crippen MR) is 74.8 cm³/mol. The molecule has 0 spiro atoms. The van der Waals surface area contributed by atoms with Gasteiger partial charge < -0.3 is 4.90 Å². The van der Waals surface area contributed by atoms with Crippen LogP contribution in [0.25, 0.3) is 0 Å². The van der Waals surface area contributed by atoms with Crippen LogP contribution < -0.4 is 4.90 Å². The van der Waals surface area contributed by atoms with E-state index < -0.39 is 10.1 Å². The molecule has 0 aromatic heterocycles. The molecular weight excluding hydrogens is 262 g/mol. The van der Waals surface area contributed by atoms with Crippen molar-refractivity contribution in [2.75, 3.05) is 11.9 Å². The van der Waals surface area contributed by atoms with E-state index in [-0.39, 0.29) is 4.90 Å². The fourth-order valence-electron chi connectivity index (χ4n) is 1.93. The van der Waals surface area contributed by atoms with E-state index in [0.717, 1.165) is 5.56 Å². The Morgan fingerprint density at radius 2 is 1.58 bits per heavy atom. The summed E-state index contributed by atoms with van der Waals surface area (Å²) in [6.07, 6.45) is 0. The lowest BCUT2D eigenvalue weighted by molar-refractivity contribution is 0.483. The third kappa shape index (κ3) is 3.33. The molecule has 0 aliphatic rings. The van der Waals surface area contributed by atoms with E-state index in [9.17, 15) is 13.0 Å². The van der Waals surface area contributed by atoms with Crippen LogP contribution in [-0.4, -0.2) is 20.0 Å². The number of hydrogen-bond acceptors (Lipinski definition) is 3. The molecule has 1 N–H and O–H groups in total. The van der Waals surface area contributed by atoms with Crippen molar-refractivity contribution >= 4 is 15.8 Å². The zero-order chi connectivity index (χ0) is 13.9. The van der Waals surface area contributed by atoms with Crippen LogP contribution in [0.3, 0.4) is 0 Å². The Labute approximate surface area is 113 Å². The molecule has 4 nitrogen and oxygen atoms in total.